The van der Waals surface area contributed by atoms with E-state index in [1.165, 1.54) is 19.2 Å². The van der Waals surface area contributed by atoms with E-state index in [9.17, 15) is 0 Å². The summed E-state index contributed by atoms with van der Waals surface area (Å²) in [5, 5.41) is 10.6. The van der Waals surface area contributed by atoms with Gasteiger partial charge in [0, 0.05) is 5.41 Å². The summed E-state index contributed by atoms with van der Waals surface area (Å²) >= 11 is 0. The second kappa shape index (κ2) is 4.75. The van der Waals surface area contributed by atoms with Crippen molar-refractivity contribution >= 4 is 0 Å². The van der Waals surface area contributed by atoms with Crippen molar-refractivity contribution in [1.29, 1.82) is 0 Å². The van der Waals surface area contributed by atoms with Crippen LogP contribution in [-0.4, -0.2) is 25.3 Å². The van der Waals surface area contributed by atoms with Crippen LogP contribution >= 0.6 is 0 Å². The Labute approximate surface area is 112 Å². The first kappa shape index (κ1) is 12.3. The van der Waals surface area contributed by atoms with Gasteiger partial charge in [0.25, 0.3) is 0 Å². The van der Waals surface area contributed by atoms with Crippen molar-refractivity contribution in [3.63, 3.8) is 0 Å². The molecule has 0 aromatic carbocycles. The SMILES string of the molecule is CC(C)CC1(c2nc(-c3ncn[nH]3)no2)CCCC1. The van der Waals surface area contributed by atoms with Crippen molar-refractivity contribution in [2.75, 3.05) is 0 Å². The number of nitrogens with one attached hydrogen (secondary N) is 1. The fraction of sp³-hybridized carbons (Fsp3) is 0.692. The highest BCUT2D eigenvalue weighted by Gasteiger charge is 2.41. The van der Waals surface area contributed by atoms with E-state index >= 15 is 0 Å². The zero-order valence-corrected chi connectivity index (χ0v) is 11.4. The Morgan fingerprint density at radius 1 is 1.37 bits per heavy atom. The van der Waals surface area contributed by atoms with Crippen LogP contribution in [0.1, 0.15) is 51.8 Å². The quantitative estimate of drug-likeness (QED) is 0.915. The first-order chi connectivity index (χ1) is 9.20. The molecule has 2 aromatic heterocycles. The predicted molar refractivity (Wildman–Crippen MR) is 69.3 cm³/mol. The van der Waals surface area contributed by atoms with E-state index in [-0.39, 0.29) is 5.41 Å². The van der Waals surface area contributed by atoms with Crippen LogP contribution in [0.3, 0.4) is 0 Å². The molecular weight excluding hydrogens is 242 g/mol. The number of rotatable bonds is 4. The van der Waals surface area contributed by atoms with Crippen LogP contribution in [-0.2, 0) is 5.41 Å². The van der Waals surface area contributed by atoms with Crippen LogP contribution < -0.4 is 0 Å². The molecule has 0 unspecified atom stereocenters. The monoisotopic (exact) mass is 261 g/mol. The van der Waals surface area contributed by atoms with Gasteiger partial charge in [-0.2, -0.15) is 10.1 Å². The standard InChI is InChI=1S/C13H19N5O/c1-9(2)7-13(5-3-4-6-13)12-16-11(18-19-12)10-14-8-15-17-10/h8-9H,3-7H2,1-2H3,(H,14,15,17). The molecule has 2 heterocycles. The van der Waals surface area contributed by atoms with Gasteiger partial charge in [-0.05, 0) is 25.2 Å². The summed E-state index contributed by atoms with van der Waals surface area (Å²) in [5.74, 6) is 2.46. The molecule has 1 aliphatic rings. The zero-order chi connectivity index (χ0) is 13.3. The topological polar surface area (TPSA) is 80.5 Å². The minimum Gasteiger partial charge on any atom is -0.338 e. The number of nitrogens with zero attached hydrogens (tertiary/aromatic N) is 4. The van der Waals surface area contributed by atoms with Crippen molar-refractivity contribution in [2.45, 2.75) is 51.4 Å². The number of H-pyrrole nitrogens is 1. The van der Waals surface area contributed by atoms with E-state index in [0.29, 0.717) is 17.6 Å². The van der Waals surface area contributed by atoms with Crippen molar-refractivity contribution in [2.24, 2.45) is 5.92 Å². The molecule has 2 aromatic rings. The minimum absolute atomic E-state index is 0.0689. The van der Waals surface area contributed by atoms with E-state index in [1.807, 2.05) is 0 Å². The normalized spacial score (nSPS) is 18.3. The second-order valence-electron chi connectivity index (χ2n) is 5.84. The summed E-state index contributed by atoms with van der Waals surface area (Å²) in [5.41, 5.74) is 0.0689. The van der Waals surface area contributed by atoms with E-state index in [4.69, 9.17) is 4.52 Å². The molecule has 1 saturated carbocycles. The molecule has 102 valence electrons. The van der Waals surface area contributed by atoms with Crippen molar-refractivity contribution in [3.05, 3.63) is 12.2 Å². The van der Waals surface area contributed by atoms with Crippen molar-refractivity contribution < 1.29 is 4.52 Å². The molecule has 0 amide bonds. The Morgan fingerprint density at radius 3 is 2.79 bits per heavy atom. The maximum absolute atomic E-state index is 5.53. The van der Waals surface area contributed by atoms with Gasteiger partial charge in [0.1, 0.15) is 6.33 Å². The molecule has 0 radical (unpaired) electrons. The molecule has 1 aliphatic carbocycles. The Kier molecular flexibility index (Phi) is 3.08. The highest BCUT2D eigenvalue weighted by atomic mass is 16.5. The first-order valence-corrected chi connectivity index (χ1v) is 6.89. The van der Waals surface area contributed by atoms with Crippen LogP contribution in [0.2, 0.25) is 0 Å². The van der Waals surface area contributed by atoms with Gasteiger partial charge in [0.05, 0.1) is 0 Å². The molecular formula is C13H19N5O. The van der Waals surface area contributed by atoms with E-state index < -0.39 is 0 Å². The highest BCUT2D eigenvalue weighted by Crippen LogP contribution is 2.45. The van der Waals surface area contributed by atoms with Gasteiger partial charge >= 0.3 is 0 Å². The lowest BCUT2D eigenvalue weighted by Gasteiger charge is -2.26. The number of hydrogen-bond acceptors (Lipinski definition) is 5. The van der Waals surface area contributed by atoms with Gasteiger partial charge in [-0.15, -0.1) is 0 Å². The molecule has 3 rings (SSSR count). The molecule has 6 heteroatoms. The van der Waals surface area contributed by atoms with Crippen LogP contribution in [0.25, 0.3) is 11.6 Å². The molecule has 0 atom stereocenters. The lowest BCUT2D eigenvalue weighted by atomic mass is 9.78. The predicted octanol–water partition coefficient (Wildman–Crippen LogP) is 2.71. The lowest BCUT2D eigenvalue weighted by molar-refractivity contribution is 0.244. The van der Waals surface area contributed by atoms with Crippen molar-refractivity contribution in [1.82, 2.24) is 25.3 Å². The maximum atomic E-state index is 5.53. The summed E-state index contributed by atoms with van der Waals surface area (Å²) in [7, 11) is 0. The number of aromatic nitrogens is 5. The van der Waals surface area contributed by atoms with Gasteiger partial charge in [-0.3, -0.25) is 5.10 Å². The average molecular weight is 261 g/mol. The van der Waals surface area contributed by atoms with Crippen LogP contribution in [0.5, 0.6) is 0 Å². The molecule has 19 heavy (non-hydrogen) atoms. The Bertz CT molecular complexity index is 525. The van der Waals surface area contributed by atoms with Crippen molar-refractivity contribution in [3.8, 4) is 11.6 Å². The van der Waals surface area contributed by atoms with Crippen LogP contribution in [0.4, 0.5) is 0 Å². The van der Waals surface area contributed by atoms with Gasteiger partial charge in [0.2, 0.25) is 11.7 Å². The summed E-state index contributed by atoms with van der Waals surface area (Å²) in [4.78, 5) is 8.61. The largest absolute Gasteiger partial charge is 0.338 e. The summed E-state index contributed by atoms with van der Waals surface area (Å²) < 4.78 is 5.53. The summed E-state index contributed by atoms with van der Waals surface area (Å²) in [6, 6.07) is 0. The molecule has 0 bridgehead atoms. The molecule has 1 N–H and O–H groups in total. The summed E-state index contributed by atoms with van der Waals surface area (Å²) in [6.45, 7) is 4.49. The van der Waals surface area contributed by atoms with Gasteiger partial charge < -0.3 is 4.52 Å². The fourth-order valence-corrected chi connectivity index (χ4v) is 3.19. The van der Waals surface area contributed by atoms with Crippen LogP contribution in [0.15, 0.2) is 10.9 Å². The third-order valence-electron chi connectivity index (χ3n) is 3.87. The third kappa shape index (κ3) is 2.27. The van der Waals surface area contributed by atoms with Gasteiger partial charge in [-0.25, -0.2) is 4.98 Å². The molecule has 0 aliphatic heterocycles. The molecule has 0 saturated heterocycles. The molecule has 0 spiro atoms. The maximum Gasteiger partial charge on any atom is 0.239 e. The zero-order valence-electron chi connectivity index (χ0n) is 11.4. The van der Waals surface area contributed by atoms with E-state index in [0.717, 1.165) is 25.2 Å². The number of hydrogen-bond donors (Lipinski definition) is 1. The molecule has 6 nitrogen and oxygen atoms in total. The van der Waals surface area contributed by atoms with Crippen LogP contribution in [0, 0.1) is 5.92 Å². The fourth-order valence-electron chi connectivity index (χ4n) is 3.19. The third-order valence-corrected chi connectivity index (χ3v) is 3.87. The van der Waals surface area contributed by atoms with Gasteiger partial charge in [-0.1, -0.05) is 31.8 Å². The number of aromatic amines is 1. The minimum atomic E-state index is 0.0689. The Hall–Kier alpha value is -1.72. The Morgan fingerprint density at radius 2 is 2.16 bits per heavy atom. The lowest BCUT2D eigenvalue weighted by Crippen LogP contribution is -2.24. The average Bonchev–Trinajstić information content (AvgIpc) is 3.10. The summed E-state index contributed by atoms with van der Waals surface area (Å²) in [6.07, 6.45) is 7.32. The first-order valence-electron chi connectivity index (χ1n) is 6.89. The molecule has 1 fully saturated rings. The second-order valence-corrected chi connectivity index (χ2v) is 5.84. The van der Waals surface area contributed by atoms with E-state index in [1.54, 1.807) is 0 Å². The smallest absolute Gasteiger partial charge is 0.239 e. The highest BCUT2D eigenvalue weighted by molar-refractivity contribution is 5.40. The van der Waals surface area contributed by atoms with E-state index in [2.05, 4.69) is 39.2 Å². The van der Waals surface area contributed by atoms with Gasteiger partial charge in [0.15, 0.2) is 5.82 Å². The Balaban J connectivity index is 1.91.